The summed E-state index contributed by atoms with van der Waals surface area (Å²) in [5, 5.41) is 2.94. The van der Waals surface area contributed by atoms with Gasteiger partial charge in [-0.3, -0.25) is 14.4 Å². The lowest BCUT2D eigenvalue weighted by molar-refractivity contribution is 0.102. The first-order valence-electron chi connectivity index (χ1n) is 11.7. The molecule has 0 aromatic heterocycles. The summed E-state index contributed by atoms with van der Waals surface area (Å²) < 4.78 is 28.0. The smallest absolute Gasteiger partial charge is 0.261 e. The molecule has 4 rings (SSSR count). The van der Waals surface area contributed by atoms with Crippen molar-refractivity contribution in [3.8, 4) is 0 Å². The number of carbonyl (C=O) groups is 1. The van der Waals surface area contributed by atoms with E-state index in [0.29, 0.717) is 11.3 Å². The number of sulfonamides is 1. The number of rotatable bonds is 7. The third-order valence-electron chi connectivity index (χ3n) is 6.37. The van der Waals surface area contributed by atoms with Gasteiger partial charge in [-0.15, -0.1) is 0 Å². The maximum absolute atomic E-state index is 12.8. The van der Waals surface area contributed by atoms with Crippen molar-refractivity contribution in [2.45, 2.75) is 25.3 Å². The molecule has 0 aliphatic carbocycles. The highest BCUT2D eigenvalue weighted by Gasteiger charge is 2.16. The molecule has 1 aliphatic heterocycles. The van der Waals surface area contributed by atoms with Crippen LogP contribution in [-0.2, 0) is 16.6 Å². The Labute approximate surface area is 207 Å². The molecule has 8 heteroatoms. The van der Waals surface area contributed by atoms with Gasteiger partial charge in [0, 0.05) is 49.7 Å². The van der Waals surface area contributed by atoms with Gasteiger partial charge in [0.25, 0.3) is 15.9 Å². The summed E-state index contributed by atoms with van der Waals surface area (Å²) in [5.74, 6) is -0.245. The van der Waals surface area contributed by atoms with Gasteiger partial charge >= 0.3 is 0 Å². The van der Waals surface area contributed by atoms with Crippen LogP contribution in [0, 0.1) is 13.8 Å². The third-order valence-corrected chi connectivity index (χ3v) is 7.75. The first-order chi connectivity index (χ1) is 16.7. The monoisotopic (exact) mass is 492 g/mol. The van der Waals surface area contributed by atoms with Crippen molar-refractivity contribution in [2.24, 2.45) is 0 Å². The highest BCUT2D eigenvalue weighted by atomic mass is 32.2. The fourth-order valence-electron chi connectivity index (χ4n) is 4.00. The molecule has 0 atom stereocenters. The zero-order valence-electron chi connectivity index (χ0n) is 20.4. The summed E-state index contributed by atoms with van der Waals surface area (Å²) in [7, 11) is -1.57. The van der Waals surface area contributed by atoms with Crippen LogP contribution >= 0.6 is 0 Å². The van der Waals surface area contributed by atoms with E-state index in [1.807, 2.05) is 32.0 Å². The van der Waals surface area contributed by atoms with Crippen LogP contribution in [0.15, 0.2) is 71.6 Å². The SMILES string of the molecule is Cc1ccc(S(=O)(=O)Nc2ccc(C(=O)Nc3cccc(CN4CCN(C)CC4)c3)cc2)cc1C. The Hall–Kier alpha value is -3.20. The number of nitrogens with zero attached hydrogens (tertiary/aromatic N) is 2. The quantitative estimate of drug-likeness (QED) is 0.519. The predicted octanol–water partition coefficient (Wildman–Crippen LogP) is 4.10. The summed E-state index contributed by atoms with van der Waals surface area (Å²) in [6.07, 6.45) is 0. The van der Waals surface area contributed by atoms with E-state index in [-0.39, 0.29) is 10.8 Å². The average Bonchev–Trinajstić information content (AvgIpc) is 2.83. The standard InChI is InChI=1S/C27H32N4O3S/c1-20-7-12-26(17-21(20)2)35(33,34)29-24-10-8-23(9-11-24)27(32)28-25-6-4-5-22(18-25)19-31-15-13-30(3)14-16-31/h4-12,17-18,29H,13-16,19H2,1-3H3,(H,28,32). The Morgan fingerprint density at radius 3 is 2.26 bits per heavy atom. The van der Waals surface area contributed by atoms with Crippen molar-refractivity contribution in [1.29, 1.82) is 0 Å². The molecule has 7 nitrogen and oxygen atoms in total. The maximum atomic E-state index is 12.8. The van der Waals surface area contributed by atoms with Crippen LogP contribution < -0.4 is 10.0 Å². The lowest BCUT2D eigenvalue weighted by Gasteiger charge is -2.32. The lowest BCUT2D eigenvalue weighted by atomic mass is 10.1. The van der Waals surface area contributed by atoms with Gasteiger partial charge in [-0.2, -0.15) is 0 Å². The van der Waals surface area contributed by atoms with Crippen LogP contribution in [0.4, 0.5) is 11.4 Å². The number of likely N-dealkylation sites (N-methyl/N-ethyl adjacent to an activating group) is 1. The molecule has 35 heavy (non-hydrogen) atoms. The van der Waals surface area contributed by atoms with Crippen LogP contribution in [0.3, 0.4) is 0 Å². The van der Waals surface area contributed by atoms with Gasteiger partial charge in [-0.25, -0.2) is 8.42 Å². The molecule has 1 saturated heterocycles. The Morgan fingerprint density at radius 2 is 1.57 bits per heavy atom. The minimum atomic E-state index is -3.71. The number of carbonyl (C=O) groups excluding carboxylic acids is 1. The van der Waals surface area contributed by atoms with Gasteiger partial charge in [-0.05, 0) is 86.1 Å². The molecule has 2 N–H and O–H groups in total. The number of piperazine rings is 1. The minimum absolute atomic E-state index is 0.207. The van der Waals surface area contributed by atoms with Crippen molar-refractivity contribution < 1.29 is 13.2 Å². The van der Waals surface area contributed by atoms with E-state index >= 15 is 0 Å². The molecule has 1 amide bonds. The summed E-state index contributed by atoms with van der Waals surface area (Å²) in [4.78, 5) is 17.7. The van der Waals surface area contributed by atoms with E-state index in [1.165, 1.54) is 0 Å². The van der Waals surface area contributed by atoms with Crippen molar-refractivity contribution >= 4 is 27.3 Å². The fraction of sp³-hybridized carbons (Fsp3) is 0.296. The summed E-state index contributed by atoms with van der Waals surface area (Å²) in [6.45, 7) is 8.86. The summed E-state index contributed by atoms with van der Waals surface area (Å²) >= 11 is 0. The minimum Gasteiger partial charge on any atom is -0.322 e. The topological polar surface area (TPSA) is 81.7 Å². The maximum Gasteiger partial charge on any atom is 0.261 e. The number of amides is 1. The van der Waals surface area contributed by atoms with Crippen molar-refractivity contribution in [3.63, 3.8) is 0 Å². The van der Waals surface area contributed by atoms with Gasteiger partial charge in [-0.1, -0.05) is 18.2 Å². The average molecular weight is 493 g/mol. The number of benzene rings is 3. The highest BCUT2D eigenvalue weighted by Crippen LogP contribution is 2.20. The number of hydrogen-bond donors (Lipinski definition) is 2. The van der Waals surface area contributed by atoms with Crippen LogP contribution in [-0.4, -0.2) is 57.4 Å². The number of hydrogen-bond acceptors (Lipinski definition) is 5. The first-order valence-corrected chi connectivity index (χ1v) is 13.2. The molecule has 0 unspecified atom stereocenters. The van der Waals surface area contributed by atoms with E-state index in [4.69, 9.17) is 0 Å². The molecule has 0 radical (unpaired) electrons. The molecule has 0 spiro atoms. The van der Waals surface area contributed by atoms with Crippen LogP contribution in [0.2, 0.25) is 0 Å². The Bertz CT molecular complexity index is 1300. The van der Waals surface area contributed by atoms with Crippen LogP contribution in [0.25, 0.3) is 0 Å². The van der Waals surface area contributed by atoms with E-state index < -0.39 is 10.0 Å². The molecule has 0 bridgehead atoms. The first kappa shape index (κ1) is 24.9. The van der Waals surface area contributed by atoms with Crippen molar-refractivity contribution in [1.82, 2.24) is 9.80 Å². The molecule has 1 aliphatic rings. The molecule has 184 valence electrons. The molecule has 0 saturated carbocycles. The van der Waals surface area contributed by atoms with Gasteiger partial charge in [0.05, 0.1) is 4.90 Å². The largest absolute Gasteiger partial charge is 0.322 e. The van der Waals surface area contributed by atoms with Gasteiger partial charge in [0.15, 0.2) is 0 Å². The summed E-state index contributed by atoms with van der Waals surface area (Å²) in [5.41, 5.74) is 4.68. The van der Waals surface area contributed by atoms with E-state index in [0.717, 1.165) is 55.1 Å². The molecule has 3 aromatic carbocycles. The van der Waals surface area contributed by atoms with Gasteiger partial charge in [0.1, 0.15) is 0 Å². The molecule has 1 fully saturated rings. The molecular formula is C27H32N4O3S. The lowest BCUT2D eigenvalue weighted by Crippen LogP contribution is -2.43. The zero-order valence-corrected chi connectivity index (χ0v) is 21.2. The summed E-state index contributed by atoms with van der Waals surface area (Å²) in [6, 6.07) is 19.3. The molecule has 3 aromatic rings. The third kappa shape index (κ3) is 6.48. The second-order valence-corrected chi connectivity index (χ2v) is 10.8. The Morgan fingerprint density at radius 1 is 0.857 bits per heavy atom. The van der Waals surface area contributed by atoms with Crippen molar-refractivity contribution in [2.75, 3.05) is 43.3 Å². The number of nitrogens with one attached hydrogen (secondary N) is 2. The molecular weight excluding hydrogens is 460 g/mol. The fourth-order valence-corrected chi connectivity index (χ4v) is 5.14. The van der Waals surface area contributed by atoms with Gasteiger partial charge < -0.3 is 10.2 Å². The molecule has 1 heterocycles. The second-order valence-electron chi connectivity index (χ2n) is 9.16. The Kier molecular flexibility index (Phi) is 7.54. The van der Waals surface area contributed by atoms with E-state index in [1.54, 1.807) is 42.5 Å². The Balaban J connectivity index is 1.38. The van der Waals surface area contributed by atoms with Gasteiger partial charge in [0.2, 0.25) is 0 Å². The van der Waals surface area contributed by atoms with E-state index in [9.17, 15) is 13.2 Å². The normalized spacial score (nSPS) is 15.1. The van der Waals surface area contributed by atoms with Crippen molar-refractivity contribution in [3.05, 3.63) is 89.0 Å². The predicted molar refractivity (Wildman–Crippen MR) is 140 cm³/mol. The highest BCUT2D eigenvalue weighted by molar-refractivity contribution is 7.92. The second kappa shape index (κ2) is 10.6. The number of aryl methyl sites for hydroxylation is 2. The van der Waals surface area contributed by atoms with Crippen LogP contribution in [0.5, 0.6) is 0 Å². The number of anilines is 2. The zero-order chi connectivity index (χ0) is 25.0. The van der Waals surface area contributed by atoms with Crippen LogP contribution in [0.1, 0.15) is 27.0 Å². The van der Waals surface area contributed by atoms with E-state index in [2.05, 4.69) is 33.0 Å².